The quantitative estimate of drug-likeness (QED) is 0.240. The van der Waals surface area contributed by atoms with Gasteiger partial charge in [-0.2, -0.15) is 0 Å². The van der Waals surface area contributed by atoms with Crippen molar-refractivity contribution < 1.29 is 4.79 Å². The lowest BCUT2D eigenvalue weighted by Crippen LogP contribution is -2.17. The van der Waals surface area contributed by atoms with Crippen LogP contribution in [0, 0.1) is 20.8 Å². The van der Waals surface area contributed by atoms with Crippen LogP contribution in [0.3, 0.4) is 0 Å². The smallest absolute Gasteiger partial charge is 0.222 e. The van der Waals surface area contributed by atoms with Crippen LogP contribution in [0.25, 0.3) is 0 Å². The topological polar surface area (TPSA) is 76.8 Å². The summed E-state index contributed by atoms with van der Waals surface area (Å²) in [4.78, 5) is 27.8. The second kappa shape index (κ2) is 26.2. The molecule has 0 saturated carbocycles. The molecule has 0 radical (unpaired) electrons. The number of carbonyl (C=O) groups excluding carboxylic acids is 1. The Morgan fingerprint density at radius 1 is 0.711 bits per heavy atom. The van der Waals surface area contributed by atoms with E-state index in [2.05, 4.69) is 19.9 Å². The first-order valence-electron chi connectivity index (χ1n) is 11.1. The minimum atomic E-state index is 0. The standard InChI is InChI=1S/3C6H7N.C5H9NO.C4H6N2.4CH4/c1-6-2-4-7-5-3-6;1-6-3-2-4-7-5-6;1-6-4-2-3-5-7-6;1-6-4-2-3-5(6)7;1-6-3-2-5-4-6;;;;/h3*2-5H,1H3;2-4H2,1H3;2-4H,1H3;4*1H4. The molecule has 0 aromatic carbocycles. The number of amides is 1. The summed E-state index contributed by atoms with van der Waals surface area (Å²) in [6.45, 7) is 6.99. The van der Waals surface area contributed by atoms with Crippen LogP contribution >= 0.6 is 0 Å². The highest BCUT2D eigenvalue weighted by Gasteiger charge is 2.14. The highest BCUT2D eigenvalue weighted by Crippen LogP contribution is 2.04. The normalized spacial score (nSPS) is 10.1. The Hall–Kier alpha value is -3.87. The highest BCUT2D eigenvalue weighted by atomic mass is 16.2. The zero-order valence-corrected chi connectivity index (χ0v) is 20.9. The van der Waals surface area contributed by atoms with E-state index in [9.17, 15) is 4.79 Å². The van der Waals surface area contributed by atoms with Gasteiger partial charge in [-0.15, -0.1) is 0 Å². The molecule has 1 aliphatic heterocycles. The molecular weight excluding hydrogens is 472 g/mol. The van der Waals surface area contributed by atoms with E-state index in [4.69, 9.17) is 0 Å². The van der Waals surface area contributed by atoms with Crippen molar-refractivity contribution in [3.05, 3.63) is 109 Å². The molecule has 38 heavy (non-hydrogen) atoms. The SMILES string of the molecule is C.C.C.C.CN1CCCC1=O.Cc1ccccn1.Cc1cccnc1.Cc1ccncc1.Cn1ccnc1. The largest absolute Gasteiger partial charge is 0.346 e. The summed E-state index contributed by atoms with van der Waals surface area (Å²) < 4.78 is 1.89. The van der Waals surface area contributed by atoms with Gasteiger partial charge in [0, 0.05) is 76.1 Å². The molecule has 1 saturated heterocycles. The van der Waals surface area contributed by atoms with Gasteiger partial charge in [0.25, 0.3) is 0 Å². The van der Waals surface area contributed by atoms with Crippen LogP contribution in [0.1, 0.15) is 59.4 Å². The molecule has 7 nitrogen and oxygen atoms in total. The summed E-state index contributed by atoms with van der Waals surface area (Å²) in [6.07, 6.45) is 16.2. The average Bonchev–Trinajstić information content (AvgIpc) is 3.47. The predicted octanol–water partition coefficient (Wildman–Crippen LogP) is 7.37. The van der Waals surface area contributed by atoms with Gasteiger partial charge in [0.15, 0.2) is 0 Å². The monoisotopic (exact) mass is 524 g/mol. The van der Waals surface area contributed by atoms with Crippen molar-refractivity contribution in [3.8, 4) is 0 Å². The summed E-state index contributed by atoms with van der Waals surface area (Å²) in [7, 11) is 3.78. The van der Waals surface area contributed by atoms with Gasteiger partial charge in [0.2, 0.25) is 5.91 Å². The molecule has 0 spiro atoms. The Balaban J connectivity index is -0.000000185. The molecule has 7 heteroatoms. The highest BCUT2D eigenvalue weighted by molar-refractivity contribution is 5.77. The lowest BCUT2D eigenvalue weighted by atomic mass is 10.3. The minimum Gasteiger partial charge on any atom is -0.346 e. The van der Waals surface area contributed by atoms with E-state index >= 15 is 0 Å². The molecular formula is C31H52N6O. The number of aryl methyl sites for hydroxylation is 4. The average molecular weight is 525 g/mol. The Morgan fingerprint density at radius 3 is 1.61 bits per heavy atom. The van der Waals surface area contributed by atoms with Crippen LogP contribution in [0.15, 0.2) is 92.2 Å². The summed E-state index contributed by atoms with van der Waals surface area (Å²) in [5.41, 5.74) is 3.54. The number of aromatic nitrogens is 5. The van der Waals surface area contributed by atoms with Crippen molar-refractivity contribution in [2.24, 2.45) is 7.05 Å². The number of nitrogens with zero attached hydrogens (tertiary/aromatic N) is 6. The first kappa shape index (κ1) is 41.3. The Kier molecular flexibility index (Phi) is 28.5. The summed E-state index contributed by atoms with van der Waals surface area (Å²) in [6, 6.07) is 13.7. The Bertz CT molecular complexity index is 905. The molecule has 0 unspecified atom stereocenters. The van der Waals surface area contributed by atoms with Gasteiger partial charge < -0.3 is 9.47 Å². The lowest BCUT2D eigenvalue weighted by molar-refractivity contribution is -0.126. The first-order chi connectivity index (χ1) is 16.4. The van der Waals surface area contributed by atoms with Crippen molar-refractivity contribution in [1.29, 1.82) is 0 Å². The zero-order chi connectivity index (χ0) is 25.0. The molecule has 0 atom stereocenters. The van der Waals surface area contributed by atoms with Crippen LogP contribution in [0.5, 0.6) is 0 Å². The zero-order valence-electron chi connectivity index (χ0n) is 20.9. The van der Waals surface area contributed by atoms with Gasteiger partial charge in [0.1, 0.15) is 0 Å². The van der Waals surface area contributed by atoms with Crippen molar-refractivity contribution in [3.63, 3.8) is 0 Å². The number of imidazole rings is 1. The van der Waals surface area contributed by atoms with E-state index in [-0.39, 0.29) is 29.7 Å². The van der Waals surface area contributed by atoms with Gasteiger partial charge in [-0.25, -0.2) is 4.98 Å². The molecule has 212 valence electrons. The third-order valence-corrected chi connectivity index (χ3v) is 4.42. The van der Waals surface area contributed by atoms with Crippen molar-refractivity contribution >= 4 is 5.91 Å². The molecule has 0 aliphatic carbocycles. The summed E-state index contributed by atoms with van der Waals surface area (Å²) >= 11 is 0. The van der Waals surface area contributed by atoms with Crippen LogP contribution < -0.4 is 0 Å². The third-order valence-electron chi connectivity index (χ3n) is 4.42. The number of rotatable bonds is 0. The Morgan fingerprint density at radius 2 is 1.39 bits per heavy atom. The van der Waals surface area contributed by atoms with E-state index in [1.165, 1.54) is 11.1 Å². The fourth-order valence-electron chi connectivity index (χ4n) is 2.43. The molecule has 4 aromatic rings. The predicted molar refractivity (Wildman–Crippen MR) is 164 cm³/mol. The Labute approximate surface area is 233 Å². The van der Waals surface area contributed by atoms with Crippen LogP contribution in [0.2, 0.25) is 0 Å². The molecule has 4 aromatic heterocycles. The van der Waals surface area contributed by atoms with Crippen molar-refractivity contribution in [2.75, 3.05) is 13.6 Å². The van der Waals surface area contributed by atoms with E-state index in [0.717, 1.165) is 25.1 Å². The molecule has 1 aliphatic rings. The molecule has 0 bridgehead atoms. The molecule has 0 N–H and O–H groups in total. The number of carbonyl (C=O) groups is 1. The third kappa shape index (κ3) is 22.6. The van der Waals surface area contributed by atoms with E-state index in [1.807, 2.05) is 94.3 Å². The maximum atomic E-state index is 10.5. The van der Waals surface area contributed by atoms with Gasteiger partial charge in [-0.1, -0.05) is 41.8 Å². The maximum Gasteiger partial charge on any atom is 0.222 e. The number of hydrogen-bond acceptors (Lipinski definition) is 5. The number of likely N-dealkylation sites (tertiary alicyclic amines) is 1. The second-order valence-electron chi connectivity index (χ2n) is 7.67. The van der Waals surface area contributed by atoms with Gasteiger partial charge in [-0.3, -0.25) is 19.7 Å². The molecule has 1 amide bonds. The van der Waals surface area contributed by atoms with Gasteiger partial charge >= 0.3 is 0 Å². The number of pyridine rings is 3. The lowest BCUT2D eigenvalue weighted by Gasteiger charge is -2.03. The fraction of sp³-hybridized carbons (Fsp3) is 0.387. The van der Waals surface area contributed by atoms with E-state index in [0.29, 0.717) is 5.91 Å². The minimum absolute atomic E-state index is 0. The maximum absolute atomic E-state index is 10.5. The van der Waals surface area contributed by atoms with Crippen molar-refractivity contribution in [1.82, 2.24) is 29.4 Å². The second-order valence-corrected chi connectivity index (χ2v) is 7.67. The molecule has 1 fully saturated rings. The molecule has 5 heterocycles. The summed E-state index contributed by atoms with van der Waals surface area (Å²) in [5.74, 6) is 0.292. The van der Waals surface area contributed by atoms with E-state index in [1.54, 1.807) is 42.2 Å². The van der Waals surface area contributed by atoms with E-state index < -0.39 is 0 Å². The van der Waals surface area contributed by atoms with Crippen LogP contribution in [-0.2, 0) is 11.8 Å². The first-order valence-corrected chi connectivity index (χ1v) is 11.1. The number of hydrogen-bond donors (Lipinski definition) is 0. The van der Waals surface area contributed by atoms with Gasteiger partial charge in [0.05, 0.1) is 6.33 Å². The summed E-state index contributed by atoms with van der Waals surface area (Å²) in [5, 5.41) is 0. The molecule has 5 rings (SSSR count). The van der Waals surface area contributed by atoms with Gasteiger partial charge in [-0.05, 0) is 68.7 Å². The van der Waals surface area contributed by atoms with Crippen molar-refractivity contribution in [2.45, 2.75) is 63.3 Å². The van der Waals surface area contributed by atoms with Crippen LogP contribution in [-0.4, -0.2) is 48.9 Å². The van der Waals surface area contributed by atoms with Crippen LogP contribution in [0.4, 0.5) is 0 Å². The fourth-order valence-corrected chi connectivity index (χ4v) is 2.43.